The topological polar surface area (TPSA) is 58.6 Å². The van der Waals surface area contributed by atoms with Crippen LogP contribution in [0.25, 0.3) is 0 Å². The molecule has 0 radical (unpaired) electrons. The summed E-state index contributed by atoms with van der Waals surface area (Å²) in [7, 11) is 1.66. The summed E-state index contributed by atoms with van der Waals surface area (Å²) in [4.78, 5) is 16.4. The van der Waals surface area contributed by atoms with Gasteiger partial charge in [-0.3, -0.25) is 4.79 Å². The van der Waals surface area contributed by atoms with Crippen LogP contribution < -0.4 is 9.64 Å². The van der Waals surface area contributed by atoms with E-state index in [0.29, 0.717) is 18.8 Å². The van der Waals surface area contributed by atoms with Crippen LogP contribution in [0.2, 0.25) is 0 Å². The van der Waals surface area contributed by atoms with Crippen molar-refractivity contribution in [2.75, 3.05) is 38.2 Å². The van der Waals surface area contributed by atoms with Crippen molar-refractivity contribution in [3.05, 3.63) is 48.3 Å². The normalized spacial score (nSPS) is 14.8. The van der Waals surface area contributed by atoms with Gasteiger partial charge in [0.1, 0.15) is 5.75 Å². The lowest BCUT2D eigenvalue weighted by Gasteiger charge is -2.35. The van der Waals surface area contributed by atoms with Crippen molar-refractivity contribution in [3.8, 4) is 5.75 Å². The molecule has 114 valence electrons. The molecule has 2 aromatic rings. The van der Waals surface area contributed by atoms with E-state index in [1.165, 1.54) is 0 Å². The summed E-state index contributed by atoms with van der Waals surface area (Å²) >= 11 is 0. The van der Waals surface area contributed by atoms with Crippen LogP contribution >= 0.6 is 0 Å². The minimum atomic E-state index is -0.0533. The Bertz CT molecular complexity index is 622. The number of piperazine rings is 1. The zero-order chi connectivity index (χ0) is 15.4. The van der Waals surface area contributed by atoms with E-state index in [2.05, 4.69) is 15.1 Å². The fourth-order valence-electron chi connectivity index (χ4n) is 2.54. The number of amides is 1. The Hall–Kier alpha value is -2.63. The maximum atomic E-state index is 12.3. The first-order chi connectivity index (χ1) is 10.8. The molecule has 2 heterocycles. The van der Waals surface area contributed by atoms with Crippen LogP contribution in [0.4, 0.5) is 5.69 Å². The highest BCUT2D eigenvalue weighted by atomic mass is 16.5. The van der Waals surface area contributed by atoms with Crippen molar-refractivity contribution in [2.45, 2.75) is 0 Å². The Balaban J connectivity index is 1.61. The Labute approximate surface area is 129 Å². The summed E-state index contributed by atoms with van der Waals surface area (Å²) in [6.07, 6.45) is 1.57. The average Bonchev–Trinajstić information content (AvgIpc) is 2.62. The van der Waals surface area contributed by atoms with E-state index in [-0.39, 0.29) is 5.91 Å². The maximum Gasteiger partial charge on any atom is 0.274 e. The standard InChI is InChI=1S/C16H18N4O2/c1-22-14-6-4-13(5-7-14)19-9-11-20(12-10-19)16(21)15-3-2-8-17-18-15/h2-8H,9-12H2,1H3. The molecule has 1 saturated heterocycles. The van der Waals surface area contributed by atoms with Gasteiger partial charge in [-0.2, -0.15) is 5.10 Å². The van der Waals surface area contributed by atoms with Crippen LogP contribution in [0.3, 0.4) is 0 Å². The number of rotatable bonds is 3. The lowest BCUT2D eigenvalue weighted by Crippen LogP contribution is -2.49. The second kappa shape index (κ2) is 6.43. The number of anilines is 1. The van der Waals surface area contributed by atoms with Crippen LogP contribution in [0.5, 0.6) is 5.75 Å². The summed E-state index contributed by atoms with van der Waals surface area (Å²) in [5.74, 6) is 0.794. The van der Waals surface area contributed by atoms with Gasteiger partial charge < -0.3 is 14.5 Å². The summed E-state index contributed by atoms with van der Waals surface area (Å²) in [6.45, 7) is 2.97. The molecule has 3 rings (SSSR count). The number of benzene rings is 1. The predicted molar refractivity (Wildman–Crippen MR) is 83.1 cm³/mol. The highest BCUT2D eigenvalue weighted by Gasteiger charge is 2.23. The number of aromatic nitrogens is 2. The molecule has 1 aliphatic heterocycles. The Morgan fingerprint density at radius 1 is 1.09 bits per heavy atom. The molecule has 1 aliphatic rings. The van der Waals surface area contributed by atoms with Crippen molar-refractivity contribution in [1.29, 1.82) is 0 Å². The first-order valence-corrected chi connectivity index (χ1v) is 7.24. The van der Waals surface area contributed by atoms with Crippen LogP contribution in [-0.4, -0.2) is 54.3 Å². The van der Waals surface area contributed by atoms with E-state index < -0.39 is 0 Å². The van der Waals surface area contributed by atoms with Crippen molar-refractivity contribution >= 4 is 11.6 Å². The van der Waals surface area contributed by atoms with Gasteiger partial charge in [0, 0.05) is 38.1 Å². The van der Waals surface area contributed by atoms with Gasteiger partial charge in [0.25, 0.3) is 5.91 Å². The van der Waals surface area contributed by atoms with Gasteiger partial charge in [-0.25, -0.2) is 0 Å². The Morgan fingerprint density at radius 2 is 1.82 bits per heavy atom. The number of hydrogen-bond acceptors (Lipinski definition) is 5. The van der Waals surface area contributed by atoms with Crippen LogP contribution in [0.1, 0.15) is 10.5 Å². The van der Waals surface area contributed by atoms with Crippen molar-refractivity contribution in [3.63, 3.8) is 0 Å². The molecule has 1 fully saturated rings. The first kappa shape index (κ1) is 14.3. The lowest BCUT2D eigenvalue weighted by atomic mass is 10.2. The van der Waals surface area contributed by atoms with Gasteiger partial charge in [0.2, 0.25) is 0 Å². The summed E-state index contributed by atoms with van der Waals surface area (Å²) < 4.78 is 5.17. The lowest BCUT2D eigenvalue weighted by molar-refractivity contribution is 0.0739. The number of carbonyl (C=O) groups is 1. The fraction of sp³-hybridized carbons (Fsp3) is 0.312. The molecule has 1 aromatic carbocycles. The van der Waals surface area contributed by atoms with E-state index in [1.54, 1.807) is 25.4 Å². The molecule has 22 heavy (non-hydrogen) atoms. The zero-order valence-corrected chi connectivity index (χ0v) is 12.5. The van der Waals surface area contributed by atoms with E-state index in [1.807, 2.05) is 29.2 Å². The first-order valence-electron chi connectivity index (χ1n) is 7.24. The zero-order valence-electron chi connectivity index (χ0n) is 12.5. The monoisotopic (exact) mass is 298 g/mol. The number of ether oxygens (including phenoxy) is 1. The number of carbonyl (C=O) groups excluding carboxylic acids is 1. The highest BCUT2D eigenvalue weighted by Crippen LogP contribution is 2.20. The molecule has 0 spiro atoms. The summed E-state index contributed by atoms with van der Waals surface area (Å²) in [6, 6.07) is 11.4. The van der Waals surface area contributed by atoms with E-state index in [4.69, 9.17) is 4.74 Å². The van der Waals surface area contributed by atoms with Crippen molar-refractivity contribution < 1.29 is 9.53 Å². The third kappa shape index (κ3) is 3.00. The van der Waals surface area contributed by atoms with E-state index >= 15 is 0 Å². The Kier molecular flexibility index (Phi) is 4.18. The Morgan fingerprint density at radius 3 is 2.41 bits per heavy atom. The third-order valence-corrected chi connectivity index (χ3v) is 3.80. The van der Waals surface area contributed by atoms with E-state index in [9.17, 15) is 4.79 Å². The maximum absolute atomic E-state index is 12.3. The number of nitrogens with zero attached hydrogens (tertiary/aromatic N) is 4. The van der Waals surface area contributed by atoms with Gasteiger partial charge in [0.05, 0.1) is 7.11 Å². The van der Waals surface area contributed by atoms with Gasteiger partial charge in [-0.15, -0.1) is 5.10 Å². The van der Waals surface area contributed by atoms with E-state index in [0.717, 1.165) is 24.5 Å². The minimum Gasteiger partial charge on any atom is -0.497 e. The molecule has 0 saturated carbocycles. The molecule has 0 unspecified atom stereocenters. The quantitative estimate of drug-likeness (QED) is 0.858. The third-order valence-electron chi connectivity index (χ3n) is 3.80. The molecule has 0 N–H and O–H groups in total. The van der Waals surface area contributed by atoms with Crippen molar-refractivity contribution in [2.24, 2.45) is 0 Å². The van der Waals surface area contributed by atoms with Crippen molar-refractivity contribution in [1.82, 2.24) is 15.1 Å². The molecule has 0 aliphatic carbocycles. The second-order valence-electron chi connectivity index (χ2n) is 5.09. The second-order valence-corrected chi connectivity index (χ2v) is 5.09. The van der Waals surface area contributed by atoms with Crippen LogP contribution in [0, 0.1) is 0 Å². The number of methoxy groups -OCH3 is 1. The summed E-state index contributed by atoms with van der Waals surface area (Å²) in [5.41, 5.74) is 1.55. The van der Waals surface area contributed by atoms with Crippen LogP contribution in [0.15, 0.2) is 42.6 Å². The number of hydrogen-bond donors (Lipinski definition) is 0. The molecule has 0 atom stereocenters. The SMILES string of the molecule is COc1ccc(N2CCN(C(=O)c3cccnn3)CC2)cc1. The largest absolute Gasteiger partial charge is 0.497 e. The molecule has 0 bridgehead atoms. The fourth-order valence-corrected chi connectivity index (χ4v) is 2.54. The van der Waals surface area contributed by atoms with Gasteiger partial charge in [-0.1, -0.05) is 0 Å². The molecular formula is C16H18N4O2. The van der Waals surface area contributed by atoms with Gasteiger partial charge in [-0.05, 0) is 36.4 Å². The smallest absolute Gasteiger partial charge is 0.274 e. The minimum absolute atomic E-state index is 0.0533. The summed E-state index contributed by atoms with van der Waals surface area (Å²) in [5, 5.41) is 7.64. The molecular weight excluding hydrogens is 280 g/mol. The predicted octanol–water partition coefficient (Wildman–Crippen LogP) is 1.45. The molecule has 1 amide bonds. The van der Waals surface area contributed by atoms with Gasteiger partial charge >= 0.3 is 0 Å². The molecule has 1 aromatic heterocycles. The van der Waals surface area contributed by atoms with Gasteiger partial charge in [0.15, 0.2) is 5.69 Å². The molecule has 6 nitrogen and oxygen atoms in total. The highest BCUT2D eigenvalue weighted by molar-refractivity contribution is 5.92. The molecule has 6 heteroatoms. The average molecular weight is 298 g/mol. The van der Waals surface area contributed by atoms with Crippen LogP contribution in [-0.2, 0) is 0 Å².